The number of hydrogen-bond donors (Lipinski definition) is 0. The van der Waals surface area contributed by atoms with Crippen LogP contribution in [0.4, 0.5) is 0 Å². The maximum Gasteiger partial charge on any atom is 0.260 e. The zero-order valence-electron chi connectivity index (χ0n) is 14.0. The lowest BCUT2D eigenvalue weighted by atomic mass is 10.3. The molecular formula is C17H23N5O2. The molecule has 1 aliphatic heterocycles. The van der Waals surface area contributed by atoms with Crippen LogP contribution in [0.1, 0.15) is 12.2 Å². The van der Waals surface area contributed by atoms with Gasteiger partial charge in [-0.25, -0.2) is 4.98 Å². The molecule has 0 radical (unpaired) electrons. The van der Waals surface area contributed by atoms with Gasteiger partial charge in [-0.1, -0.05) is 0 Å². The highest BCUT2D eigenvalue weighted by atomic mass is 16.5. The smallest absolute Gasteiger partial charge is 0.260 e. The largest absolute Gasteiger partial charge is 0.482 e. The van der Waals surface area contributed by atoms with E-state index in [9.17, 15) is 4.79 Å². The molecule has 128 valence electrons. The van der Waals surface area contributed by atoms with Crippen molar-refractivity contribution in [2.75, 3.05) is 32.8 Å². The number of carbonyl (C=O) groups is 1. The van der Waals surface area contributed by atoms with Crippen LogP contribution in [0.25, 0.3) is 0 Å². The van der Waals surface area contributed by atoms with Gasteiger partial charge in [0.15, 0.2) is 6.61 Å². The van der Waals surface area contributed by atoms with Gasteiger partial charge in [-0.2, -0.15) is 0 Å². The summed E-state index contributed by atoms with van der Waals surface area (Å²) in [5, 5.41) is 0. The minimum absolute atomic E-state index is 0.0256. The highest BCUT2D eigenvalue weighted by Crippen LogP contribution is 2.10. The first-order valence-electron chi connectivity index (χ1n) is 8.21. The van der Waals surface area contributed by atoms with Gasteiger partial charge < -0.3 is 14.2 Å². The van der Waals surface area contributed by atoms with E-state index in [2.05, 4.69) is 14.9 Å². The molecule has 0 bridgehead atoms. The van der Waals surface area contributed by atoms with E-state index in [0.717, 1.165) is 45.0 Å². The molecule has 1 aliphatic rings. The predicted octanol–water partition coefficient (Wildman–Crippen LogP) is 0.928. The van der Waals surface area contributed by atoms with Gasteiger partial charge in [0.05, 0.1) is 12.7 Å². The molecule has 1 fully saturated rings. The number of hydrogen-bond acceptors (Lipinski definition) is 5. The number of amides is 1. The molecule has 0 spiro atoms. The summed E-state index contributed by atoms with van der Waals surface area (Å²) in [6.45, 7) is 4.19. The summed E-state index contributed by atoms with van der Waals surface area (Å²) >= 11 is 0. The highest BCUT2D eigenvalue weighted by Gasteiger charge is 2.20. The Morgan fingerprint density at radius 1 is 1.25 bits per heavy atom. The van der Waals surface area contributed by atoms with Gasteiger partial charge in [0.2, 0.25) is 0 Å². The Hall–Kier alpha value is -2.41. The molecule has 1 amide bonds. The lowest BCUT2D eigenvalue weighted by Gasteiger charge is -2.22. The van der Waals surface area contributed by atoms with Crippen molar-refractivity contribution in [3.8, 4) is 5.75 Å². The summed E-state index contributed by atoms with van der Waals surface area (Å²) in [4.78, 5) is 24.9. The number of carbonyl (C=O) groups excluding carboxylic acids is 1. The zero-order chi connectivity index (χ0) is 16.8. The van der Waals surface area contributed by atoms with E-state index in [1.807, 2.05) is 28.9 Å². The second kappa shape index (κ2) is 7.92. The first-order valence-corrected chi connectivity index (χ1v) is 8.21. The fourth-order valence-corrected chi connectivity index (χ4v) is 2.80. The molecule has 7 heteroatoms. The van der Waals surface area contributed by atoms with Crippen molar-refractivity contribution in [1.29, 1.82) is 0 Å². The molecule has 3 rings (SSSR count). The normalized spacial score (nSPS) is 16.0. The Morgan fingerprint density at radius 2 is 2.17 bits per heavy atom. The van der Waals surface area contributed by atoms with Crippen molar-refractivity contribution >= 4 is 5.91 Å². The summed E-state index contributed by atoms with van der Waals surface area (Å²) in [6, 6.07) is 3.60. The highest BCUT2D eigenvalue weighted by molar-refractivity contribution is 5.77. The number of imidazole rings is 1. The summed E-state index contributed by atoms with van der Waals surface area (Å²) in [7, 11) is 2.01. The Labute approximate surface area is 141 Å². The first-order chi connectivity index (χ1) is 11.7. The second-order valence-corrected chi connectivity index (χ2v) is 5.94. The third kappa shape index (κ3) is 4.32. The zero-order valence-corrected chi connectivity index (χ0v) is 14.0. The van der Waals surface area contributed by atoms with Gasteiger partial charge in [0, 0.05) is 51.8 Å². The van der Waals surface area contributed by atoms with E-state index in [1.54, 1.807) is 24.5 Å². The summed E-state index contributed by atoms with van der Waals surface area (Å²) < 4.78 is 7.55. The summed E-state index contributed by atoms with van der Waals surface area (Å²) in [5.74, 6) is 1.70. The van der Waals surface area contributed by atoms with Crippen molar-refractivity contribution < 1.29 is 9.53 Å². The molecule has 3 heterocycles. The molecule has 1 saturated heterocycles. The molecule has 0 saturated carbocycles. The van der Waals surface area contributed by atoms with E-state index < -0.39 is 0 Å². The number of pyridine rings is 1. The van der Waals surface area contributed by atoms with Crippen LogP contribution in [0.2, 0.25) is 0 Å². The van der Waals surface area contributed by atoms with Gasteiger partial charge >= 0.3 is 0 Å². The fourth-order valence-electron chi connectivity index (χ4n) is 2.80. The van der Waals surface area contributed by atoms with Gasteiger partial charge in [-0.05, 0) is 18.6 Å². The number of rotatable bonds is 5. The third-order valence-corrected chi connectivity index (χ3v) is 4.22. The minimum Gasteiger partial charge on any atom is -0.482 e. The van der Waals surface area contributed by atoms with E-state index >= 15 is 0 Å². The lowest BCUT2D eigenvalue weighted by Crippen LogP contribution is -2.38. The van der Waals surface area contributed by atoms with Crippen LogP contribution in [-0.4, -0.2) is 63.0 Å². The summed E-state index contributed by atoms with van der Waals surface area (Å²) in [5.41, 5.74) is 0. The number of ether oxygens (including phenoxy) is 1. The van der Waals surface area contributed by atoms with Crippen LogP contribution in [0.15, 0.2) is 36.9 Å². The molecule has 0 unspecified atom stereocenters. The average molecular weight is 329 g/mol. The Balaban J connectivity index is 1.48. The van der Waals surface area contributed by atoms with Crippen LogP contribution in [0.3, 0.4) is 0 Å². The molecule has 0 aromatic carbocycles. The quantitative estimate of drug-likeness (QED) is 0.816. The average Bonchev–Trinajstić information content (AvgIpc) is 2.86. The maximum atomic E-state index is 12.3. The molecule has 7 nitrogen and oxygen atoms in total. The van der Waals surface area contributed by atoms with Crippen molar-refractivity contribution in [3.63, 3.8) is 0 Å². The molecular weight excluding hydrogens is 306 g/mol. The Bertz CT molecular complexity index is 658. The molecule has 0 N–H and O–H groups in total. The van der Waals surface area contributed by atoms with Gasteiger partial charge in [-0.3, -0.25) is 14.7 Å². The number of aryl methyl sites for hydroxylation is 1. The molecule has 24 heavy (non-hydrogen) atoms. The standard InChI is InChI=1S/C17H23N5O2/c1-20-9-6-19-16(20)13-21-7-3-8-22(11-10-21)17(23)14-24-15-4-2-5-18-12-15/h2,4-6,9,12H,3,7-8,10-11,13-14H2,1H3. The van der Waals surface area contributed by atoms with Crippen molar-refractivity contribution in [2.24, 2.45) is 7.05 Å². The van der Waals surface area contributed by atoms with Crippen molar-refractivity contribution in [3.05, 3.63) is 42.7 Å². The SMILES string of the molecule is Cn1ccnc1CN1CCCN(C(=O)COc2cccnc2)CC1. The van der Waals surface area contributed by atoms with Gasteiger partial charge in [0.25, 0.3) is 5.91 Å². The fraction of sp³-hybridized carbons (Fsp3) is 0.471. The van der Waals surface area contributed by atoms with Gasteiger partial charge in [0.1, 0.15) is 11.6 Å². The second-order valence-electron chi connectivity index (χ2n) is 5.94. The third-order valence-electron chi connectivity index (χ3n) is 4.22. The van der Waals surface area contributed by atoms with Crippen LogP contribution in [-0.2, 0) is 18.4 Å². The molecule has 0 aliphatic carbocycles. The lowest BCUT2D eigenvalue weighted by molar-refractivity contribution is -0.133. The molecule has 0 atom stereocenters. The van der Waals surface area contributed by atoms with E-state index in [-0.39, 0.29) is 12.5 Å². The van der Waals surface area contributed by atoms with Crippen LogP contribution >= 0.6 is 0 Å². The van der Waals surface area contributed by atoms with Crippen LogP contribution < -0.4 is 4.74 Å². The first kappa shape index (κ1) is 16.4. The number of nitrogens with zero attached hydrogens (tertiary/aromatic N) is 5. The van der Waals surface area contributed by atoms with Crippen LogP contribution in [0, 0.1) is 0 Å². The summed E-state index contributed by atoms with van der Waals surface area (Å²) in [6.07, 6.45) is 8.03. The van der Waals surface area contributed by atoms with Gasteiger partial charge in [-0.15, -0.1) is 0 Å². The predicted molar refractivity (Wildman–Crippen MR) is 89.4 cm³/mol. The van der Waals surface area contributed by atoms with Crippen LogP contribution in [0.5, 0.6) is 5.75 Å². The van der Waals surface area contributed by atoms with Crippen molar-refractivity contribution in [2.45, 2.75) is 13.0 Å². The maximum absolute atomic E-state index is 12.3. The van der Waals surface area contributed by atoms with E-state index in [4.69, 9.17) is 4.74 Å². The topological polar surface area (TPSA) is 63.5 Å². The monoisotopic (exact) mass is 329 g/mol. The number of aromatic nitrogens is 3. The molecule has 2 aromatic rings. The van der Waals surface area contributed by atoms with E-state index in [0.29, 0.717) is 5.75 Å². The molecule has 2 aromatic heterocycles. The Morgan fingerprint density at radius 3 is 2.92 bits per heavy atom. The minimum atomic E-state index is 0.0256. The van der Waals surface area contributed by atoms with E-state index in [1.165, 1.54) is 0 Å². The Kier molecular flexibility index (Phi) is 5.43. The van der Waals surface area contributed by atoms with Crippen molar-refractivity contribution in [1.82, 2.24) is 24.3 Å².